The first-order valence-corrected chi connectivity index (χ1v) is 8.17. The average molecular weight is 339 g/mol. The molecule has 3 rings (SSSR count). The molecule has 7 nitrogen and oxygen atoms in total. The van der Waals surface area contributed by atoms with Crippen LogP contribution in [0.5, 0.6) is 0 Å². The van der Waals surface area contributed by atoms with Crippen molar-refractivity contribution in [3.8, 4) is 6.07 Å². The molecule has 24 heavy (non-hydrogen) atoms. The number of nitrogen functional groups attached to an aromatic ring is 1. The van der Waals surface area contributed by atoms with Crippen molar-refractivity contribution in [2.75, 3.05) is 16.8 Å². The number of nitrogens with one attached hydrogen (secondary N) is 1. The zero-order valence-corrected chi connectivity index (χ0v) is 13.4. The Kier molecular flexibility index (Phi) is 4.44. The lowest BCUT2D eigenvalue weighted by Gasteiger charge is -2.17. The maximum atomic E-state index is 12.3. The van der Waals surface area contributed by atoms with Crippen molar-refractivity contribution in [3.63, 3.8) is 0 Å². The lowest BCUT2D eigenvalue weighted by molar-refractivity contribution is -0.116. The van der Waals surface area contributed by atoms with Crippen LogP contribution in [0.15, 0.2) is 29.6 Å². The monoisotopic (exact) mass is 339 g/mol. The van der Waals surface area contributed by atoms with Crippen molar-refractivity contribution in [2.24, 2.45) is 0 Å². The number of aromatic nitrogens is 2. The Bertz CT molecular complexity index is 875. The van der Waals surface area contributed by atoms with Crippen molar-refractivity contribution < 1.29 is 9.59 Å². The van der Waals surface area contributed by atoms with Crippen LogP contribution in [0, 0.1) is 11.3 Å². The topological polar surface area (TPSA) is 122 Å². The van der Waals surface area contributed by atoms with Gasteiger partial charge in [-0.25, -0.2) is 9.97 Å². The van der Waals surface area contributed by atoms with Crippen LogP contribution in [-0.4, -0.2) is 27.4 Å². The average Bonchev–Trinajstić information content (AvgIpc) is 2.59. The summed E-state index contributed by atoms with van der Waals surface area (Å²) in [6.45, 7) is 0. The zero-order valence-electron chi connectivity index (χ0n) is 12.6. The number of hydrogen-bond donors (Lipinski definition) is 2. The Morgan fingerprint density at radius 2 is 2.25 bits per heavy atom. The molecule has 0 radical (unpaired) electrons. The van der Waals surface area contributed by atoms with Crippen LogP contribution >= 0.6 is 11.8 Å². The van der Waals surface area contributed by atoms with E-state index in [1.807, 2.05) is 12.1 Å². The number of nitriles is 1. The highest BCUT2D eigenvalue weighted by Gasteiger charge is 2.17. The second-order valence-corrected chi connectivity index (χ2v) is 6.14. The Labute approximate surface area is 142 Å². The van der Waals surface area contributed by atoms with E-state index in [4.69, 9.17) is 11.0 Å². The molecule has 0 atom stereocenters. The number of aryl methyl sites for hydroxylation is 1. The molecule has 0 saturated heterocycles. The highest BCUT2D eigenvalue weighted by Crippen LogP contribution is 2.25. The third-order valence-electron chi connectivity index (χ3n) is 3.57. The normalized spacial score (nSPS) is 12.9. The Hall–Kier alpha value is -2.92. The first-order valence-electron chi connectivity index (χ1n) is 7.18. The number of Topliss-reactive ketones (excluding diaryl/α,β-unsaturated/α-hetero) is 1. The van der Waals surface area contributed by atoms with Crippen molar-refractivity contribution in [2.45, 2.75) is 18.0 Å². The fourth-order valence-corrected chi connectivity index (χ4v) is 3.02. The third kappa shape index (κ3) is 3.36. The van der Waals surface area contributed by atoms with Crippen LogP contribution in [-0.2, 0) is 11.2 Å². The first kappa shape index (κ1) is 16.0. The molecule has 1 aliphatic heterocycles. The minimum Gasteiger partial charge on any atom is -0.382 e. The summed E-state index contributed by atoms with van der Waals surface area (Å²) in [7, 11) is 0. The van der Waals surface area contributed by atoms with Gasteiger partial charge in [-0.05, 0) is 30.2 Å². The van der Waals surface area contributed by atoms with Gasteiger partial charge in [0, 0.05) is 17.7 Å². The minimum atomic E-state index is -0.0637. The van der Waals surface area contributed by atoms with Gasteiger partial charge in [-0.1, -0.05) is 11.8 Å². The molecule has 1 aromatic carbocycles. The summed E-state index contributed by atoms with van der Waals surface area (Å²) in [6, 6.07) is 7.15. The van der Waals surface area contributed by atoms with E-state index in [1.165, 1.54) is 6.20 Å². The van der Waals surface area contributed by atoms with E-state index in [0.717, 1.165) is 23.0 Å². The largest absolute Gasteiger partial charge is 0.382 e. The second-order valence-electron chi connectivity index (χ2n) is 5.20. The fraction of sp³-hybridized carbons (Fsp3) is 0.188. The van der Waals surface area contributed by atoms with Gasteiger partial charge in [0.2, 0.25) is 5.91 Å². The number of fused-ring (bicyclic) bond motifs is 1. The summed E-state index contributed by atoms with van der Waals surface area (Å²) in [4.78, 5) is 31.7. The summed E-state index contributed by atoms with van der Waals surface area (Å²) < 4.78 is 0. The number of carbonyl (C=O) groups is 2. The number of ketones is 1. The maximum Gasteiger partial charge on any atom is 0.224 e. The molecule has 0 fully saturated rings. The van der Waals surface area contributed by atoms with Gasteiger partial charge in [0.05, 0.1) is 11.9 Å². The SMILES string of the molecule is N#Cc1cnc(SCC(=O)c2ccc3c(c2)CCC(=O)N3)nc1N. The number of hydrogen-bond acceptors (Lipinski definition) is 7. The van der Waals surface area contributed by atoms with E-state index in [2.05, 4.69) is 15.3 Å². The third-order valence-corrected chi connectivity index (χ3v) is 4.43. The van der Waals surface area contributed by atoms with E-state index in [1.54, 1.807) is 12.1 Å². The molecule has 0 aliphatic carbocycles. The van der Waals surface area contributed by atoms with Gasteiger partial charge in [-0.15, -0.1) is 0 Å². The molecular weight excluding hydrogens is 326 g/mol. The van der Waals surface area contributed by atoms with E-state index in [9.17, 15) is 9.59 Å². The molecule has 3 N–H and O–H groups in total. The molecule has 0 unspecified atom stereocenters. The molecule has 0 saturated carbocycles. The van der Waals surface area contributed by atoms with Gasteiger partial charge >= 0.3 is 0 Å². The second kappa shape index (κ2) is 6.68. The van der Waals surface area contributed by atoms with E-state index < -0.39 is 0 Å². The van der Waals surface area contributed by atoms with Gasteiger partial charge in [0.25, 0.3) is 0 Å². The summed E-state index contributed by atoms with van der Waals surface area (Å²) in [5.74, 6) is 0.196. The van der Waals surface area contributed by atoms with Crippen LogP contribution < -0.4 is 11.1 Å². The summed E-state index contributed by atoms with van der Waals surface area (Å²) in [5, 5.41) is 11.9. The number of amides is 1. The quantitative estimate of drug-likeness (QED) is 0.494. The maximum absolute atomic E-state index is 12.3. The number of thioether (sulfide) groups is 1. The lowest BCUT2D eigenvalue weighted by Crippen LogP contribution is -2.19. The van der Waals surface area contributed by atoms with Gasteiger partial charge in [0.15, 0.2) is 10.9 Å². The lowest BCUT2D eigenvalue weighted by atomic mass is 9.99. The van der Waals surface area contributed by atoms with E-state index in [-0.39, 0.29) is 28.8 Å². The van der Waals surface area contributed by atoms with Crippen molar-refractivity contribution in [1.29, 1.82) is 5.26 Å². The Morgan fingerprint density at radius 3 is 3.00 bits per heavy atom. The standard InChI is InChI=1S/C16H13N5O2S/c17-6-11-7-19-16(21-15(11)18)24-8-13(22)10-1-3-12-9(5-10)2-4-14(23)20-12/h1,3,5,7H,2,4,8H2,(H,20,23)(H2,18,19,21). The molecule has 2 aromatic rings. The summed E-state index contributed by atoms with van der Waals surface area (Å²) in [5.41, 5.74) is 8.15. The van der Waals surface area contributed by atoms with Crippen LogP contribution in [0.2, 0.25) is 0 Å². The highest BCUT2D eigenvalue weighted by molar-refractivity contribution is 7.99. The zero-order chi connectivity index (χ0) is 17.1. The number of rotatable bonds is 4. The molecule has 120 valence electrons. The minimum absolute atomic E-state index is 0.00677. The van der Waals surface area contributed by atoms with Crippen LogP contribution in [0.4, 0.5) is 11.5 Å². The number of anilines is 2. The Morgan fingerprint density at radius 1 is 1.42 bits per heavy atom. The predicted octanol–water partition coefficient (Wildman–Crippen LogP) is 1.79. The predicted molar refractivity (Wildman–Crippen MR) is 89.6 cm³/mol. The van der Waals surface area contributed by atoms with Crippen molar-refractivity contribution in [3.05, 3.63) is 41.1 Å². The molecule has 0 bridgehead atoms. The van der Waals surface area contributed by atoms with Gasteiger partial charge < -0.3 is 11.1 Å². The molecule has 8 heteroatoms. The van der Waals surface area contributed by atoms with Crippen molar-refractivity contribution >= 4 is 35.0 Å². The molecule has 1 aliphatic rings. The van der Waals surface area contributed by atoms with E-state index in [0.29, 0.717) is 23.6 Å². The molecule has 0 spiro atoms. The van der Waals surface area contributed by atoms with Crippen LogP contribution in [0.25, 0.3) is 0 Å². The smallest absolute Gasteiger partial charge is 0.224 e. The number of benzene rings is 1. The van der Waals surface area contributed by atoms with E-state index >= 15 is 0 Å². The number of carbonyl (C=O) groups excluding carboxylic acids is 2. The highest BCUT2D eigenvalue weighted by atomic mass is 32.2. The number of nitrogens with zero attached hydrogens (tertiary/aromatic N) is 3. The van der Waals surface area contributed by atoms with Gasteiger partial charge in [-0.2, -0.15) is 5.26 Å². The molecule has 2 heterocycles. The fourth-order valence-electron chi connectivity index (χ4n) is 2.30. The molecule has 1 amide bonds. The van der Waals surface area contributed by atoms with Crippen LogP contribution in [0.1, 0.15) is 27.9 Å². The van der Waals surface area contributed by atoms with Crippen LogP contribution in [0.3, 0.4) is 0 Å². The summed E-state index contributed by atoms with van der Waals surface area (Å²) in [6.07, 6.45) is 2.40. The van der Waals surface area contributed by atoms with Gasteiger partial charge in [0.1, 0.15) is 17.5 Å². The summed E-state index contributed by atoms with van der Waals surface area (Å²) >= 11 is 1.16. The number of nitrogens with two attached hydrogens (primary N) is 1. The van der Waals surface area contributed by atoms with Gasteiger partial charge in [-0.3, -0.25) is 9.59 Å². The Balaban J connectivity index is 1.68. The molecular formula is C16H13N5O2S. The first-order chi connectivity index (χ1) is 11.6. The van der Waals surface area contributed by atoms with Crippen molar-refractivity contribution in [1.82, 2.24) is 9.97 Å². The molecule has 1 aromatic heterocycles.